The Morgan fingerprint density at radius 3 is 2.60 bits per heavy atom. The van der Waals surface area contributed by atoms with Gasteiger partial charge in [-0.25, -0.2) is 9.97 Å². The number of hydrogen-bond acceptors (Lipinski definition) is 5. The number of methoxy groups -OCH3 is 1. The number of pyridine rings is 1. The van der Waals surface area contributed by atoms with Gasteiger partial charge in [-0.1, -0.05) is 44.9 Å². The molecule has 2 aromatic heterocycles. The summed E-state index contributed by atoms with van der Waals surface area (Å²) in [5.74, 6) is 0.934. The van der Waals surface area contributed by atoms with E-state index < -0.39 is 0 Å². The molecule has 0 fully saturated rings. The highest BCUT2D eigenvalue weighted by molar-refractivity contribution is 14.2. The van der Waals surface area contributed by atoms with Crippen LogP contribution in [0.15, 0.2) is 29.2 Å². The molecule has 2 atom stereocenters. The van der Waals surface area contributed by atoms with Crippen LogP contribution in [-0.2, 0) is 4.74 Å². The number of rotatable bonds is 8. The highest BCUT2D eigenvalue weighted by Crippen LogP contribution is 2.37. The van der Waals surface area contributed by atoms with Gasteiger partial charge in [0.2, 0.25) is 0 Å². The number of nitrogens with zero attached hydrogens (tertiary/aromatic N) is 3. The van der Waals surface area contributed by atoms with Gasteiger partial charge in [-0.2, -0.15) is 0 Å². The third-order valence-electron chi connectivity index (χ3n) is 4.54. The van der Waals surface area contributed by atoms with Crippen LogP contribution in [0.25, 0.3) is 11.2 Å². The third-order valence-corrected chi connectivity index (χ3v) is 7.66. The van der Waals surface area contributed by atoms with E-state index in [0.717, 1.165) is 46.1 Å². The number of anilines is 2. The van der Waals surface area contributed by atoms with E-state index in [1.807, 2.05) is 26.8 Å². The minimum atomic E-state index is 0.120. The predicted molar refractivity (Wildman–Crippen MR) is 143 cm³/mol. The molecule has 0 aliphatic carbocycles. The monoisotopic (exact) mass is 578 g/mol. The van der Waals surface area contributed by atoms with Gasteiger partial charge < -0.3 is 10.1 Å². The molecular weight excluding hydrogens is 550 g/mol. The first-order valence-electron chi connectivity index (χ1n) is 9.92. The number of fused-ring (bicyclic) bond motifs is 1. The molecule has 3 rings (SSSR count). The molecule has 164 valence electrons. The molecule has 2 heterocycles. The Bertz CT molecular complexity index is 985. The number of nitrogens with one attached hydrogen (secondary N) is 1. The first-order valence-corrected chi connectivity index (χ1v) is 15.6. The Morgan fingerprint density at radius 2 is 2.00 bits per heavy atom. The van der Waals surface area contributed by atoms with E-state index in [1.165, 1.54) is 5.56 Å². The average molecular weight is 579 g/mol. The molecule has 2 unspecified atom stereocenters. The first kappa shape index (κ1) is 25.7. The SMILES string of the molecule is CC.CCCC(OC)c1ccc(Nc2cc(Cl)nc3c2nc(C)n3PI)c(SC)c1. The molecule has 0 bridgehead atoms. The maximum atomic E-state index is 6.31. The van der Waals surface area contributed by atoms with Crippen molar-refractivity contribution in [1.82, 2.24) is 14.3 Å². The minimum Gasteiger partial charge on any atom is -0.377 e. The van der Waals surface area contributed by atoms with Crippen molar-refractivity contribution in [2.45, 2.75) is 51.5 Å². The van der Waals surface area contributed by atoms with E-state index in [-0.39, 0.29) is 6.10 Å². The summed E-state index contributed by atoms with van der Waals surface area (Å²) < 4.78 is 7.75. The summed E-state index contributed by atoms with van der Waals surface area (Å²) >= 11 is 10.3. The second kappa shape index (κ2) is 12.4. The van der Waals surface area contributed by atoms with E-state index in [0.29, 0.717) is 11.5 Å². The fourth-order valence-corrected chi connectivity index (χ4v) is 6.08. The zero-order chi connectivity index (χ0) is 22.3. The number of ether oxygens (including phenoxy) is 1. The van der Waals surface area contributed by atoms with Gasteiger partial charge in [0, 0.05) is 18.1 Å². The van der Waals surface area contributed by atoms with Gasteiger partial charge in [0.25, 0.3) is 0 Å². The number of hydrogen-bond donors (Lipinski definition) is 1. The fourth-order valence-electron chi connectivity index (χ4n) is 3.16. The number of aryl methyl sites for hydroxylation is 1. The highest BCUT2D eigenvalue weighted by Gasteiger charge is 2.16. The summed E-state index contributed by atoms with van der Waals surface area (Å²) in [6.45, 7) is 8.17. The predicted octanol–water partition coefficient (Wildman–Crippen LogP) is 8.16. The molecule has 0 saturated heterocycles. The lowest BCUT2D eigenvalue weighted by Crippen LogP contribution is -2.02. The van der Waals surface area contributed by atoms with Crippen LogP contribution in [0.2, 0.25) is 5.15 Å². The van der Waals surface area contributed by atoms with Crippen LogP contribution in [-0.4, -0.2) is 27.7 Å². The molecule has 0 radical (unpaired) electrons. The second-order valence-electron chi connectivity index (χ2n) is 6.34. The van der Waals surface area contributed by atoms with Crippen molar-refractivity contribution in [3.05, 3.63) is 40.8 Å². The summed E-state index contributed by atoms with van der Waals surface area (Å²) in [5.41, 5.74) is 4.73. The van der Waals surface area contributed by atoms with Crippen molar-refractivity contribution in [1.29, 1.82) is 0 Å². The minimum absolute atomic E-state index is 0.120. The zero-order valence-electron chi connectivity index (χ0n) is 18.2. The normalized spacial score (nSPS) is 12.3. The van der Waals surface area contributed by atoms with Crippen molar-refractivity contribution in [3.63, 3.8) is 0 Å². The van der Waals surface area contributed by atoms with Gasteiger partial charge in [0.1, 0.15) is 16.5 Å². The van der Waals surface area contributed by atoms with Crippen molar-refractivity contribution in [3.8, 4) is 0 Å². The topological polar surface area (TPSA) is 52.0 Å². The Labute approximate surface area is 203 Å². The fraction of sp³-hybridized carbons (Fsp3) is 0.429. The number of imidazole rings is 1. The van der Waals surface area contributed by atoms with Gasteiger partial charge in [-0.15, -0.1) is 11.8 Å². The van der Waals surface area contributed by atoms with E-state index in [9.17, 15) is 0 Å². The van der Waals surface area contributed by atoms with Crippen LogP contribution in [0.5, 0.6) is 0 Å². The van der Waals surface area contributed by atoms with Crippen molar-refractivity contribution >= 4 is 74.3 Å². The molecule has 9 heteroatoms. The largest absolute Gasteiger partial charge is 0.377 e. The van der Waals surface area contributed by atoms with Crippen LogP contribution in [0.3, 0.4) is 0 Å². The number of benzene rings is 1. The molecule has 1 N–H and O–H groups in total. The van der Waals surface area contributed by atoms with E-state index in [4.69, 9.17) is 21.3 Å². The molecule has 3 aromatic rings. The molecule has 5 nitrogen and oxygen atoms in total. The van der Waals surface area contributed by atoms with Crippen LogP contribution in [0, 0.1) is 6.92 Å². The van der Waals surface area contributed by atoms with E-state index in [2.05, 4.69) is 68.1 Å². The molecular formula is C21H29ClIN4OPS. The Morgan fingerprint density at radius 1 is 1.27 bits per heavy atom. The second-order valence-corrected chi connectivity index (χ2v) is 9.64. The maximum Gasteiger partial charge on any atom is 0.167 e. The van der Waals surface area contributed by atoms with Crippen molar-refractivity contribution < 1.29 is 4.74 Å². The summed E-state index contributed by atoms with van der Waals surface area (Å²) in [7, 11) is 1.77. The maximum absolute atomic E-state index is 6.31. The average Bonchev–Trinajstić information content (AvgIpc) is 3.08. The molecule has 0 aliphatic heterocycles. The highest BCUT2D eigenvalue weighted by atomic mass is 127. The lowest BCUT2D eigenvalue weighted by atomic mass is 10.0. The summed E-state index contributed by atoms with van der Waals surface area (Å²) in [6.07, 6.45) is 4.81. The van der Waals surface area contributed by atoms with Gasteiger partial charge in [0.05, 0.1) is 23.9 Å². The Balaban J connectivity index is 0.00000155. The lowest BCUT2D eigenvalue weighted by Gasteiger charge is -2.18. The molecule has 0 saturated carbocycles. The lowest BCUT2D eigenvalue weighted by molar-refractivity contribution is 0.0948. The summed E-state index contributed by atoms with van der Waals surface area (Å²) in [4.78, 5) is 10.4. The van der Waals surface area contributed by atoms with Gasteiger partial charge in [-0.3, -0.25) is 4.34 Å². The summed E-state index contributed by atoms with van der Waals surface area (Å²) in [6, 6.07) is 8.27. The number of aromatic nitrogens is 3. The Hall–Kier alpha value is -0.600. The molecule has 1 aromatic carbocycles. The third kappa shape index (κ3) is 5.80. The van der Waals surface area contributed by atoms with Gasteiger partial charge in [0.15, 0.2) is 5.65 Å². The Kier molecular flexibility index (Phi) is 10.6. The number of thioether (sulfide) groups is 1. The zero-order valence-corrected chi connectivity index (χ0v) is 22.9. The quantitative estimate of drug-likeness (QED) is 0.126. The van der Waals surface area contributed by atoms with Gasteiger partial charge >= 0.3 is 0 Å². The number of halogens is 2. The van der Waals surface area contributed by atoms with Gasteiger partial charge in [-0.05, 0) is 59.3 Å². The first-order chi connectivity index (χ1) is 14.5. The molecule has 0 spiro atoms. The van der Waals surface area contributed by atoms with Crippen molar-refractivity contribution in [2.75, 3.05) is 18.7 Å². The van der Waals surface area contributed by atoms with Crippen LogP contribution in [0.1, 0.15) is 51.1 Å². The van der Waals surface area contributed by atoms with Crippen LogP contribution in [0.4, 0.5) is 11.4 Å². The molecule has 30 heavy (non-hydrogen) atoms. The molecule has 0 aliphatic rings. The van der Waals surface area contributed by atoms with Crippen LogP contribution >= 0.6 is 51.8 Å². The summed E-state index contributed by atoms with van der Waals surface area (Å²) in [5, 5.41) is 3.98. The van der Waals surface area contributed by atoms with E-state index in [1.54, 1.807) is 18.9 Å². The molecule has 0 amide bonds. The van der Waals surface area contributed by atoms with Crippen LogP contribution < -0.4 is 5.32 Å². The standard InChI is InChI=1S/C19H23ClIN4OPS.C2H6/c1-5-6-15(26-3)12-7-8-13(16(9-12)28-4)23-14-10-17(20)24-19-18(14)22-11(2)25(19)27-21;1-2/h7-10,15,27H,5-6H2,1-4H3,(H,23,24);1-2H3. The smallest absolute Gasteiger partial charge is 0.167 e. The van der Waals surface area contributed by atoms with E-state index >= 15 is 0 Å². The van der Waals surface area contributed by atoms with Crippen molar-refractivity contribution in [2.24, 2.45) is 0 Å².